The minimum absolute atomic E-state index is 0.0149. The van der Waals surface area contributed by atoms with Gasteiger partial charge in [-0.3, -0.25) is 9.59 Å². The van der Waals surface area contributed by atoms with E-state index in [1.807, 2.05) is 0 Å². The summed E-state index contributed by atoms with van der Waals surface area (Å²) < 4.78 is 10.4. The van der Waals surface area contributed by atoms with E-state index in [4.69, 9.17) is 9.47 Å². The summed E-state index contributed by atoms with van der Waals surface area (Å²) >= 11 is 0. The molecule has 1 saturated heterocycles. The second kappa shape index (κ2) is 9.78. The van der Waals surface area contributed by atoms with Crippen molar-refractivity contribution in [3.63, 3.8) is 0 Å². The third kappa shape index (κ3) is 5.72. The molecule has 6 nitrogen and oxygen atoms in total. The van der Waals surface area contributed by atoms with Crippen molar-refractivity contribution in [3.05, 3.63) is 0 Å². The number of hydrogen-bond acceptors (Lipinski definition) is 5. The Bertz CT molecular complexity index is 478. The molecule has 0 aromatic heterocycles. The van der Waals surface area contributed by atoms with Gasteiger partial charge >= 0.3 is 11.9 Å². The number of rotatable bonds is 8. The fourth-order valence-corrected chi connectivity index (χ4v) is 3.81. The molecular weight excluding hydrogens is 322 g/mol. The maximum absolute atomic E-state index is 12.0. The summed E-state index contributed by atoms with van der Waals surface area (Å²) in [5.74, 6) is 0.0368. The smallest absolute Gasteiger partial charge is 0.328 e. The molecule has 1 heterocycles. The second-order valence-corrected chi connectivity index (χ2v) is 7.27. The first-order valence-corrected chi connectivity index (χ1v) is 9.59. The zero-order valence-corrected chi connectivity index (χ0v) is 15.5. The third-order valence-corrected chi connectivity index (χ3v) is 5.40. The van der Waals surface area contributed by atoms with Gasteiger partial charge in [0, 0.05) is 19.4 Å². The molecule has 0 aromatic carbocycles. The summed E-state index contributed by atoms with van der Waals surface area (Å²) in [4.78, 5) is 37.1. The van der Waals surface area contributed by atoms with Crippen LogP contribution in [0, 0.1) is 5.92 Å². The van der Waals surface area contributed by atoms with Crippen LogP contribution >= 0.6 is 0 Å². The van der Waals surface area contributed by atoms with Crippen LogP contribution in [0.5, 0.6) is 0 Å². The van der Waals surface area contributed by atoms with Crippen molar-refractivity contribution in [2.45, 2.75) is 83.3 Å². The van der Waals surface area contributed by atoms with Gasteiger partial charge in [-0.05, 0) is 44.4 Å². The molecule has 0 bridgehead atoms. The van der Waals surface area contributed by atoms with Crippen LogP contribution in [-0.2, 0) is 23.9 Å². The van der Waals surface area contributed by atoms with E-state index in [1.54, 1.807) is 4.90 Å². The summed E-state index contributed by atoms with van der Waals surface area (Å²) in [5, 5.41) is 0. The molecule has 0 radical (unpaired) electrons. The molecular formula is C19H31NO5. The SMILES string of the molecule is COC(=O)C1CCC(=O)N1CCCCCC(=O)OC1CCCCC1C. The molecule has 3 unspecified atom stereocenters. The number of carbonyl (C=O) groups is 3. The molecule has 3 atom stereocenters. The lowest BCUT2D eigenvalue weighted by molar-refractivity contribution is -0.153. The van der Waals surface area contributed by atoms with E-state index in [2.05, 4.69) is 6.92 Å². The van der Waals surface area contributed by atoms with E-state index in [0.29, 0.717) is 31.7 Å². The van der Waals surface area contributed by atoms with Gasteiger partial charge in [-0.15, -0.1) is 0 Å². The molecule has 1 saturated carbocycles. The van der Waals surface area contributed by atoms with Gasteiger partial charge in [0.15, 0.2) is 0 Å². The molecule has 0 N–H and O–H groups in total. The largest absolute Gasteiger partial charge is 0.467 e. The average Bonchev–Trinajstić information content (AvgIpc) is 2.97. The standard InChI is InChI=1S/C19H31NO5/c1-14-8-5-6-9-16(14)25-18(22)10-4-3-7-13-20-15(19(23)24-2)11-12-17(20)21/h14-16H,3-13H2,1-2H3. The molecule has 0 aromatic rings. The van der Waals surface area contributed by atoms with Crippen molar-refractivity contribution >= 4 is 17.8 Å². The van der Waals surface area contributed by atoms with Gasteiger partial charge in [-0.2, -0.15) is 0 Å². The van der Waals surface area contributed by atoms with Gasteiger partial charge in [-0.25, -0.2) is 4.79 Å². The van der Waals surface area contributed by atoms with Crippen LogP contribution in [0.25, 0.3) is 0 Å². The Morgan fingerprint density at radius 1 is 1.12 bits per heavy atom. The molecule has 1 amide bonds. The predicted octanol–water partition coefficient (Wildman–Crippen LogP) is 2.83. The number of nitrogens with zero attached hydrogens (tertiary/aromatic N) is 1. The van der Waals surface area contributed by atoms with E-state index in [9.17, 15) is 14.4 Å². The molecule has 6 heteroatoms. The number of amides is 1. The average molecular weight is 353 g/mol. The molecule has 2 fully saturated rings. The van der Waals surface area contributed by atoms with Crippen LogP contribution in [0.2, 0.25) is 0 Å². The topological polar surface area (TPSA) is 72.9 Å². The van der Waals surface area contributed by atoms with Crippen LogP contribution < -0.4 is 0 Å². The van der Waals surface area contributed by atoms with E-state index in [1.165, 1.54) is 13.5 Å². The minimum Gasteiger partial charge on any atom is -0.467 e. The van der Waals surface area contributed by atoms with E-state index in [0.717, 1.165) is 38.5 Å². The third-order valence-electron chi connectivity index (χ3n) is 5.40. The Labute approximate surface area is 150 Å². The van der Waals surface area contributed by atoms with Crippen molar-refractivity contribution < 1.29 is 23.9 Å². The van der Waals surface area contributed by atoms with Crippen LogP contribution in [-0.4, -0.2) is 48.5 Å². The highest BCUT2D eigenvalue weighted by Crippen LogP contribution is 2.27. The molecule has 2 aliphatic rings. The zero-order valence-electron chi connectivity index (χ0n) is 15.5. The number of esters is 2. The Hall–Kier alpha value is -1.59. The Balaban J connectivity index is 1.61. The van der Waals surface area contributed by atoms with E-state index < -0.39 is 6.04 Å². The highest BCUT2D eigenvalue weighted by molar-refractivity contribution is 5.88. The first-order chi connectivity index (χ1) is 12.0. The van der Waals surface area contributed by atoms with Crippen molar-refractivity contribution in [3.8, 4) is 0 Å². The summed E-state index contributed by atoms with van der Waals surface area (Å²) in [6.07, 6.45) is 8.35. The van der Waals surface area contributed by atoms with Gasteiger partial charge in [-0.1, -0.05) is 19.8 Å². The number of ether oxygens (including phenoxy) is 2. The number of methoxy groups -OCH3 is 1. The van der Waals surface area contributed by atoms with Crippen molar-refractivity contribution in [1.82, 2.24) is 4.90 Å². The van der Waals surface area contributed by atoms with Crippen LogP contribution in [0.4, 0.5) is 0 Å². The number of likely N-dealkylation sites (tertiary alicyclic amines) is 1. The molecule has 142 valence electrons. The van der Waals surface area contributed by atoms with Gasteiger partial charge < -0.3 is 14.4 Å². The highest BCUT2D eigenvalue weighted by atomic mass is 16.5. The maximum Gasteiger partial charge on any atom is 0.328 e. The summed E-state index contributed by atoms with van der Waals surface area (Å²) in [6, 6.07) is -0.435. The first-order valence-electron chi connectivity index (χ1n) is 9.59. The minimum atomic E-state index is -0.435. The summed E-state index contributed by atoms with van der Waals surface area (Å²) in [5.41, 5.74) is 0. The molecule has 1 aliphatic carbocycles. The maximum atomic E-state index is 12.0. The van der Waals surface area contributed by atoms with Crippen molar-refractivity contribution in [2.24, 2.45) is 5.92 Å². The Morgan fingerprint density at radius 2 is 1.88 bits per heavy atom. The van der Waals surface area contributed by atoms with Gasteiger partial charge in [0.25, 0.3) is 0 Å². The summed E-state index contributed by atoms with van der Waals surface area (Å²) in [7, 11) is 1.35. The molecule has 2 rings (SSSR count). The van der Waals surface area contributed by atoms with Crippen LogP contribution in [0.3, 0.4) is 0 Å². The second-order valence-electron chi connectivity index (χ2n) is 7.27. The number of carbonyl (C=O) groups excluding carboxylic acids is 3. The van der Waals surface area contributed by atoms with Gasteiger partial charge in [0.05, 0.1) is 7.11 Å². The Kier molecular flexibility index (Phi) is 7.72. The van der Waals surface area contributed by atoms with E-state index >= 15 is 0 Å². The monoisotopic (exact) mass is 353 g/mol. The Morgan fingerprint density at radius 3 is 2.60 bits per heavy atom. The molecule has 0 spiro atoms. The summed E-state index contributed by atoms with van der Waals surface area (Å²) in [6.45, 7) is 2.70. The fourth-order valence-electron chi connectivity index (χ4n) is 3.81. The predicted molar refractivity (Wildman–Crippen MR) is 92.7 cm³/mol. The normalized spacial score (nSPS) is 26.6. The molecule has 25 heavy (non-hydrogen) atoms. The number of unbranched alkanes of at least 4 members (excludes halogenated alkanes) is 2. The first kappa shape index (κ1) is 19.7. The fraction of sp³-hybridized carbons (Fsp3) is 0.842. The van der Waals surface area contributed by atoms with Gasteiger partial charge in [0.2, 0.25) is 5.91 Å². The lowest BCUT2D eigenvalue weighted by Gasteiger charge is -2.28. The number of hydrogen-bond donors (Lipinski definition) is 0. The lowest BCUT2D eigenvalue weighted by atomic mass is 9.88. The highest BCUT2D eigenvalue weighted by Gasteiger charge is 2.36. The van der Waals surface area contributed by atoms with Crippen LogP contribution in [0.15, 0.2) is 0 Å². The quantitative estimate of drug-likeness (QED) is 0.495. The van der Waals surface area contributed by atoms with Crippen molar-refractivity contribution in [2.75, 3.05) is 13.7 Å². The van der Waals surface area contributed by atoms with Crippen LogP contribution in [0.1, 0.15) is 71.1 Å². The molecule has 1 aliphatic heterocycles. The van der Waals surface area contributed by atoms with Gasteiger partial charge in [0.1, 0.15) is 12.1 Å². The van der Waals surface area contributed by atoms with E-state index in [-0.39, 0.29) is 23.9 Å². The lowest BCUT2D eigenvalue weighted by Crippen LogP contribution is -2.39. The zero-order chi connectivity index (χ0) is 18.2. The van der Waals surface area contributed by atoms with Crippen molar-refractivity contribution in [1.29, 1.82) is 0 Å².